The van der Waals surface area contributed by atoms with Crippen LogP contribution in [0.4, 0.5) is 5.82 Å². The van der Waals surface area contributed by atoms with Crippen LogP contribution in [0.1, 0.15) is 12.0 Å². The lowest BCUT2D eigenvalue weighted by molar-refractivity contribution is 0.835. The molecule has 4 nitrogen and oxygen atoms in total. The fraction of sp³-hybridized carbons (Fsp3) is 0.400. The number of nitrogens with zero attached hydrogens (tertiary/aromatic N) is 3. The van der Waals surface area contributed by atoms with Crippen molar-refractivity contribution in [1.29, 1.82) is 0 Å². The van der Waals surface area contributed by atoms with E-state index in [9.17, 15) is 0 Å². The Morgan fingerprint density at radius 3 is 2.93 bits per heavy atom. The molecule has 0 bridgehead atoms. The highest BCUT2D eigenvalue weighted by molar-refractivity contribution is 5.86. The molecule has 14 heavy (non-hydrogen) atoms. The number of pyridine rings is 1. The van der Waals surface area contributed by atoms with Gasteiger partial charge in [-0.1, -0.05) is 6.07 Å². The van der Waals surface area contributed by atoms with Crippen LogP contribution < -0.4 is 10.4 Å². The van der Waals surface area contributed by atoms with Crippen molar-refractivity contribution in [3.63, 3.8) is 0 Å². The molecule has 0 spiro atoms. The molecule has 0 aliphatic carbocycles. The summed E-state index contributed by atoms with van der Waals surface area (Å²) in [4.78, 5) is 8.45. The number of rotatable bonds is 1. The van der Waals surface area contributed by atoms with E-state index in [2.05, 4.69) is 21.5 Å². The summed E-state index contributed by atoms with van der Waals surface area (Å²) in [5, 5.41) is 2.02. The molecule has 1 aromatic rings. The van der Waals surface area contributed by atoms with Gasteiger partial charge in [-0.15, -0.1) is 0 Å². The quantitative estimate of drug-likeness (QED) is 0.721. The van der Waals surface area contributed by atoms with E-state index >= 15 is 0 Å². The highest BCUT2D eigenvalue weighted by Crippen LogP contribution is 2.12. The molecule has 1 saturated heterocycles. The summed E-state index contributed by atoms with van der Waals surface area (Å²) < 4.78 is 0. The lowest BCUT2D eigenvalue weighted by Crippen LogP contribution is -2.33. The summed E-state index contributed by atoms with van der Waals surface area (Å²) in [7, 11) is 1.80. The second-order valence-electron chi connectivity index (χ2n) is 3.38. The van der Waals surface area contributed by atoms with Crippen molar-refractivity contribution < 1.29 is 0 Å². The van der Waals surface area contributed by atoms with E-state index in [0.717, 1.165) is 24.6 Å². The van der Waals surface area contributed by atoms with E-state index in [1.54, 1.807) is 7.05 Å². The van der Waals surface area contributed by atoms with Gasteiger partial charge in [-0.05, 0) is 18.6 Å². The zero-order valence-corrected chi connectivity index (χ0v) is 8.49. The maximum atomic E-state index is 4.34. The normalized spacial score (nSPS) is 18.7. The zero-order chi connectivity index (χ0) is 9.97. The Labute approximate surface area is 83.6 Å². The van der Waals surface area contributed by atoms with E-state index in [1.807, 2.05) is 24.2 Å². The van der Waals surface area contributed by atoms with Crippen molar-refractivity contribution >= 4 is 11.7 Å². The third-order valence-electron chi connectivity index (χ3n) is 2.28. The van der Waals surface area contributed by atoms with Gasteiger partial charge in [-0.3, -0.25) is 15.4 Å². The molecule has 0 radical (unpaired) electrons. The number of aliphatic imine (C=N–C) groups is 1. The predicted molar refractivity (Wildman–Crippen MR) is 57.4 cm³/mol. The van der Waals surface area contributed by atoms with Crippen LogP contribution in [0.3, 0.4) is 0 Å². The van der Waals surface area contributed by atoms with E-state index in [0.29, 0.717) is 0 Å². The van der Waals surface area contributed by atoms with Crippen LogP contribution in [0.25, 0.3) is 0 Å². The minimum absolute atomic E-state index is 0.933. The van der Waals surface area contributed by atoms with Gasteiger partial charge in [0.2, 0.25) is 0 Å². The SMILES string of the molecule is CN=C1CCN(c2ccc(C)cn2)N1. The molecule has 1 aliphatic heterocycles. The molecule has 1 fully saturated rings. The summed E-state index contributed by atoms with van der Waals surface area (Å²) in [6.07, 6.45) is 2.84. The first kappa shape index (κ1) is 8.99. The van der Waals surface area contributed by atoms with E-state index < -0.39 is 0 Å². The fourth-order valence-electron chi connectivity index (χ4n) is 1.44. The van der Waals surface area contributed by atoms with Crippen LogP contribution in [0.5, 0.6) is 0 Å². The molecule has 1 aromatic heterocycles. The molecule has 0 atom stereocenters. The number of aromatic nitrogens is 1. The van der Waals surface area contributed by atoms with Crippen LogP contribution in [0, 0.1) is 6.92 Å². The van der Waals surface area contributed by atoms with Gasteiger partial charge in [0.05, 0.1) is 0 Å². The van der Waals surface area contributed by atoms with Crippen molar-refractivity contribution in [1.82, 2.24) is 10.4 Å². The first-order valence-corrected chi connectivity index (χ1v) is 4.72. The Balaban J connectivity index is 2.13. The van der Waals surface area contributed by atoms with E-state index in [1.165, 1.54) is 5.56 Å². The summed E-state index contributed by atoms with van der Waals surface area (Å²) >= 11 is 0. The molecule has 1 aliphatic rings. The Kier molecular flexibility index (Phi) is 2.35. The number of nitrogens with one attached hydrogen (secondary N) is 1. The Hall–Kier alpha value is -1.58. The number of anilines is 1. The first-order valence-electron chi connectivity index (χ1n) is 4.72. The van der Waals surface area contributed by atoms with Crippen LogP contribution in [0.2, 0.25) is 0 Å². The maximum Gasteiger partial charge on any atom is 0.146 e. The van der Waals surface area contributed by atoms with Gasteiger partial charge in [-0.25, -0.2) is 4.98 Å². The van der Waals surface area contributed by atoms with Gasteiger partial charge in [0.1, 0.15) is 11.7 Å². The smallest absolute Gasteiger partial charge is 0.146 e. The standard InChI is InChI=1S/C10H14N4/c1-8-3-4-10(12-7-8)14-6-5-9(11-2)13-14/h3-4,7H,5-6H2,1-2H3,(H,11,13). The Morgan fingerprint density at radius 1 is 1.50 bits per heavy atom. The fourth-order valence-corrected chi connectivity index (χ4v) is 1.44. The molecule has 0 saturated carbocycles. The number of aryl methyl sites for hydroxylation is 1. The van der Waals surface area contributed by atoms with Crippen molar-refractivity contribution in [2.45, 2.75) is 13.3 Å². The largest absolute Gasteiger partial charge is 0.284 e. The molecule has 0 amide bonds. The molecule has 0 aromatic carbocycles. The lowest BCUT2D eigenvalue weighted by atomic mass is 10.3. The second kappa shape index (κ2) is 3.65. The van der Waals surface area contributed by atoms with Crippen molar-refractivity contribution in [3.05, 3.63) is 23.9 Å². The number of hydrazine groups is 1. The number of hydrogen-bond donors (Lipinski definition) is 1. The van der Waals surface area contributed by atoms with Gasteiger partial charge in [0.15, 0.2) is 0 Å². The van der Waals surface area contributed by atoms with Crippen LogP contribution >= 0.6 is 0 Å². The van der Waals surface area contributed by atoms with Crippen LogP contribution in [0.15, 0.2) is 23.3 Å². The number of hydrogen-bond acceptors (Lipinski definition) is 3. The first-order chi connectivity index (χ1) is 6.79. The molecule has 2 rings (SSSR count). The lowest BCUT2D eigenvalue weighted by Gasteiger charge is -2.16. The van der Waals surface area contributed by atoms with Crippen molar-refractivity contribution in [2.24, 2.45) is 4.99 Å². The Bertz CT molecular complexity index is 342. The predicted octanol–water partition coefficient (Wildman–Crippen LogP) is 1.13. The zero-order valence-electron chi connectivity index (χ0n) is 8.49. The topological polar surface area (TPSA) is 40.5 Å². The van der Waals surface area contributed by atoms with Crippen molar-refractivity contribution in [3.8, 4) is 0 Å². The van der Waals surface area contributed by atoms with Gasteiger partial charge in [0.25, 0.3) is 0 Å². The molecule has 4 heteroatoms. The summed E-state index contributed by atoms with van der Waals surface area (Å²) in [5.74, 6) is 1.97. The average Bonchev–Trinajstić information content (AvgIpc) is 2.67. The Morgan fingerprint density at radius 2 is 2.36 bits per heavy atom. The third kappa shape index (κ3) is 1.69. The minimum Gasteiger partial charge on any atom is -0.284 e. The van der Waals surface area contributed by atoms with E-state index in [4.69, 9.17) is 0 Å². The highest BCUT2D eigenvalue weighted by Gasteiger charge is 2.17. The molecular weight excluding hydrogens is 176 g/mol. The minimum atomic E-state index is 0.933. The molecular formula is C10H14N4. The molecule has 74 valence electrons. The van der Waals surface area contributed by atoms with Gasteiger partial charge < -0.3 is 0 Å². The average molecular weight is 190 g/mol. The highest BCUT2D eigenvalue weighted by atomic mass is 15.6. The van der Waals surface area contributed by atoms with Gasteiger partial charge in [0, 0.05) is 26.2 Å². The summed E-state index contributed by atoms with van der Waals surface area (Å²) in [6.45, 7) is 2.97. The molecule has 1 N–H and O–H groups in total. The molecule has 0 unspecified atom stereocenters. The van der Waals surface area contributed by atoms with E-state index in [-0.39, 0.29) is 0 Å². The molecule has 2 heterocycles. The van der Waals surface area contributed by atoms with Crippen LogP contribution in [-0.2, 0) is 0 Å². The third-order valence-corrected chi connectivity index (χ3v) is 2.28. The summed E-state index contributed by atoms with van der Waals surface area (Å²) in [6, 6.07) is 4.08. The van der Waals surface area contributed by atoms with Gasteiger partial charge in [-0.2, -0.15) is 0 Å². The van der Waals surface area contributed by atoms with Crippen molar-refractivity contribution in [2.75, 3.05) is 18.6 Å². The number of amidine groups is 1. The van der Waals surface area contributed by atoms with Crippen LogP contribution in [-0.4, -0.2) is 24.4 Å². The second-order valence-corrected chi connectivity index (χ2v) is 3.38. The van der Waals surface area contributed by atoms with Gasteiger partial charge >= 0.3 is 0 Å². The monoisotopic (exact) mass is 190 g/mol. The summed E-state index contributed by atoms with van der Waals surface area (Å²) in [5.41, 5.74) is 4.38. The maximum absolute atomic E-state index is 4.34.